The van der Waals surface area contributed by atoms with Crippen LogP contribution in [-0.4, -0.2) is 45.9 Å². The van der Waals surface area contributed by atoms with Gasteiger partial charge in [-0.1, -0.05) is 12.1 Å². The second-order valence-corrected chi connectivity index (χ2v) is 6.39. The summed E-state index contributed by atoms with van der Waals surface area (Å²) in [5.41, 5.74) is 0.128. The summed E-state index contributed by atoms with van der Waals surface area (Å²) in [5, 5.41) is 12.2. The highest BCUT2D eigenvalue weighted by Gasteiger charge is 2.40. The molecular formula is C17H21N3O5. The van der Waals surface area contributed by atoms with Gasteiger partial charge in [-0.05, 0) is 25.0 Å². The van der Waals surface area contributed by atoms with Crippen molar-refractivity contribution in [3.05, 3.63) is 34.7 Å². The van der Waals surface area contributed by atoms with Crippen LogP contribution < -0.4 is 11.0 Å². The molecule has 0 aliphatic carbocycles. The molecule has 0 spiro atoms. The van der Waals surface area contributed by atoms with Crippen LogP contribution in [0.15, 0.2) is 29.1 Å². The number of imidazole rings is 1. The SMILES string of the molecule is Cn1c(=O)n(CC(=O)NCC2(C(=O)O)CCOCC2)c2ccccc21. The summed E-state index contributed by atoms with van der Waals surface area (Å²) in [4.78, 5) is 36.3. The smallest absolute Gasteiger partial charge is 0.329 e. The van der Waals surface area contributed by atoms with Crippen LogP contribution in [0.2, 0.25) is 0 Å². The number of carboxylic acids is 1. The Labute approximate surface area is 144 Å². The van der Waals surface area contributed by atoms with Crippen molar-refractivity contribution in [2.75, 3.05) is 19.8 Å². The van der Waals surface area contributed by atoms with Crippen molar-refractivity contribution in [3.8, 4) is 0 Å². The van der Waals surface area contributed by atoms with Gasteiger partial charge < -0.3 is 15.2 Å². The normalized spacial score (nSPS) is 16.7. The molecule has 2 N–H and O–H groups in total. The molecule has 1 aromatic carbocycles. The van der Waals surface area contributed by atoms with Gasteiger partial charge in [-0.3, -0.25) is 18.7 Å². The van der Waals surface area contributed by atoms with Crippen LogP contribution in [-0.2, 0) is 27.9 Å². The lowest BCUT2D eigenvalue weighted by Crippen LogP contribution is -2.47. The predicted octanol–water partition coefficient (Wildman–Crippen LogP) is 0.338. The summed E-state index contributed by atoms with van der Waals surface area (Å²) >= 11 is 0. The van der Waals surface area contributed by atoms with Crippen LogP contribution in [0.3, 0.4) is 0 Å². The number of rotatable bonds is 5. The number of benzene rings is 1. The standard InChI is InChI=1S/C17H21N3O5/c1-19-12-4-2-3-5-13(12)20(16(19)24)10-14(21)18-11-17(15(22)23)6-8-25-9-7-17/h2-5H,6-11H2,1H3,(H,18,21)(H,22,23). The van der Waals surface area contributed by atoms with Crippen molar-refractivity contribution in [2.45, 2.75) is 19.4 Å². The van der Waals surface area contributed by atoms with Crippen LogP contribution in [0, 0.1) is 5.41 Å². The largest absolute Gasteiger partial charge is 0.481 e. The van der Waals surface area contributed by atoms with Crippen molar-refractivity contribution < 1.29 is 19.4 Å². The first-order chi connectivity index (χ1) is 11.9. The van der Waals surface area contributed by atoms with Gasteiger partial charge in [-0.2, -0.15) is 0 Å². The van der Waals surface area contributed by atoms with E-state index in [1.54, 1.807) is 19.2 Å². The third kappa shape index (κ3) is 3.17. The van der Waals surface area contributed by atoms with Crippen LogP contribution in [0.4, 0.5) is 0 Å². The highest BCUT2D eigenvalue weighted by molar-refractivity contribution is 5.82. The number of ether oxygens (including phenoxy) is 1. The summed E-state index contributed by atoms with van der Waals surface area (Å²) in [7, 11) is 1.65. The maximum absolute atomic E-state index is 12.3. The summed E-state index contributed by atoms with van der Waals surface area (Å²) in [6.45, 7) is 0.617. The molecule has 25 heavy (non-hydrogen) atoms. The second kappa shape index (κ2) is 6.72. The van der Waals surface area contributed by atoms with E-state index in [1.165, 1.54) is 9.13 Å². The molecule has 0 radical (unpaired) electrons. The predicted molar refractivity (Wildman–Crippen MR) is 90.3 cm³/mol. The second-order valence-electron chi connectivity index (χ2n) is 6.39. The first-order valence-corrected chi connectivity index (χ1v) is 8.17. The molecule has 1 aromatic heterocycles. The Morgan fingerprint density at radius 1 is 1.24 bits per heavy atom. The summed E-state index contributed by atoms with van der Waals surface area (Å²) in [6, 6.07) is 7.22. The molecule has 2 aromatic rings. The van der Waals surface area contributed by atoms with Crippen molar-refractivity contribution >= 4 is 22.9 Å². The molecule has 0 unspecified atom stereocenters. The fourth-order valence-electron chi connectivity index (χ4n) is 3.21. The number of nitrogens with one attached hydrogen (secondary N) is 1. The monoisotopic (exact) mass is 347 g/mol. The number of aryl methyl sites for hydroxylation is 1. The number of fused-ring (bicyclic) bond motifs is 1. The van der Waals surface area contributed by atoms with Crippen molar-refractivity contribution in [2.24, 2.45) is 12.5 Å². The van der Waals surface area contributed by atoms with Gasteiger partial charge in [0, 0.05) is 26.8 Å². The lowest BCUT2D eigenvalue weighted by Gasteiger charge is -2.33. The highest BCUT2D eigenvalue weighted by Crippen LogP contribution is 2.30. The minimum Gasteiger partial charge on any atom is -0.481 e. The van der Waals surface area contributed by atoms with Crippen LogP contribution in [0.25, 0.3) is 11.0 Å². The number of carbonyl (C=O) groups is 2. The third-order valence-corrected chi connectivity index (χ3v) is 4.88. The quantitative estimate of drug-likeness (QED) is 0.812. The molecule has 1 saturated heterocycles. The average Bonchev–Trinajstić information content (AvgIpc) is 2.86. The van der Waals surface area contributed by atoms with Gasteiger partial charge in [0.25, 0.3) is 0 Å². The minimum atomic E-state index is -1.00. The molecular weight excluding hydrogens is 326 g/mol. The molecule has 134 valence electrons. The van der Waals surface area contributed by atoms with E-state index >= 15 is 0 Å². The zero-order valence-electron chi connectivity index (χ0n) is 14.0. The fraction of sp³-hybridized carbons (Fsp3) is 0.471. The molecule has 3 rings (SSSR count). The Balaban J connectivity index is 1.74. The Hall–Kier alpha value is -2.61. The summed E-state index contributed by atoms with van der Waals surface area (Å²) in [6.07, 6.45) is 0.716. The molecule has 0 bridgehead atoms. The first-order valence-electron chi connectivity index (χ1n) is 8.17. The Bertz CT molecular complexity index is 861. The lowest BCUT2D eigenvalue weighted by molar-refractivity contribution is -0.154. The Morgan fingerprint density at radius 2 is 1.88 bits per heavy atom. The molecule has 1 aliphatic rings. The molecule has 0 atom stereocenters. The van der Waals surface area contributed by atoms with E-state index in [2.05, 4.69) is 5.32 Å². The number of amides is 1. The third-order valence-electron chi connectivity index (χ3n) is 4.88. The zero-order chi connectivity index (χ0) is 18.0. The minimum absolute atomic E-state index is 0.0318. The number of nitrogens with zero attached hydrogens (tertiary/aromatic N) is 2. The number of carbonyl (C=O) groups excluding carboxylic acids is 1. The van der Waals surface area contributed by atoms with Crippen LogP contribution in [0.1, 0.15) is 12.8 Å². The summed E-state index contributed by atoms with van der Waals surface area (Å²) < 4.78 is 8.10. The topological polar surface area (TPSA) is 103 Å². The number of hydrogen-bond donors (Lipinski definition) is 2. The van der Waals surface area contributed by atoms with E-state index < -0.39 is 11.4 Å². The molecule has 8 heteroatoms. The van der Waals surface area contributed by atoms with Crippen molar-refractivity contribution in [1.82, 2.24) is 14.5 Å². The van der Waals surface area contributed by atoms with Gasteiger partial charge in [0.15, 0.2) is 0 Å². The number of aliphatic carboxylic acids is 1. The van der Waals surface area contributed by atoms with E-state index in [1.807, 2.05) is 12.1 Å². The van der Waals surface area contributed by atoms with Gasteiger partial charge in [0.1, 0.15) is 6.54 Å². The van der Waals surface area contributed by atoms with Gasteiger partial charge in [0.2, 0.25) is 5.91 Å². The van der Waals surface area contributed by atoms with E-state index in [-0.39, 0.29) is 24.7 Å². The molecule has 1 aliphatic heterocycles. The van der Waals surface area contributed by atoms with Gasteiger partial charge in [0.05, 0.1) is 16.4 Å². The van der Waals surface area contributed by atoms with E-state index in [0.717, 1.165) is 5.52 Å². The maximum Gasteiger partial charge on any atom is 0.329 e. The Morgan fingerprint density at radius 3 is 2.52 bits per heavy atom. The van der Waals surface area contributed by atoms with Crippen molar-refractivity contribution in [3.63, 3.8) is 0 Å². The van der Waals surface area contributed by atoms with Gasteiger partial charge in [-0.25, -0.2) is 4.79 Å². The van der Waals surface area contributed by atoms with Gasteiger partial charge >= 0.3 is 11.7 Å². The molecule has 0 saturated carbocycles. The zero-order valence-corrected chi connectivity index (χ0v) is 14.0. The van der Waals surface area contributed by atoms with E-state index in [9.17, 15) is 19.5 Å². The number of aromatic nitrogens is 2. The fourth-order valence-corrected chi connectivity index (χ4v) is 3.21. The van der Waals surface area contributed by atoms with Crippen LogP contribution >= 0.6 is 0 Å². The maximum atomic E-state index is 12.3. The van der Waals surface area contributed by atoms with E-state index in [4.69, 9.17) is 4.74 Å². The van der Waals surface area contributed by atoms with E-state index in [0.29, 0.717) is 31.6 Å². The number of hydrogen-bond acceptors (Lipinski definition) is 4. The number of carboxylic acid groups (broad SMARTS) is 1. The summed E-state index contributed by atoms with van der Waals surface area (Å²) in [5.74, 6) is -1.32. The molecule has 8 nitrogen and oxygen atoms in total. The lowest BCUT2D eigenvalue weighted by atomic mass is 9.80. The van der Waals surface area contributed by atoms with Crippen LogP contribution in [0.5, 0.6) is 0 Å². The van der Waals surface area contributed by atoms with Gasteiger partial charge in [-0.15, -0.1) is 0 Å². The Kier molecular flexibility index (Phi) is 4.63. The first kappa shape index (κ1) is 17.2. The van der Waals surface area contributed by atoms with Crippen molar-refractivity contribution in [1.29, 1.82) is 0 Å². The molecule has 1 fully saturated rings. The number of para-hydroxylation sites is 2. The highest BCUT2D eigenvalue weighted by atomic mass is 16.5. The molecule has 2 heterocycles. The molecule has 1 amide bonds. The average molecular weight is 347 g/mol.